The Hall–Kier alpha value is -1.70. The minimum Gasteiger partial charge on any atom is -0.478 e. The smallest absolute Gasteiger partial charge is 0.248 e. The number of nitriles is 1. The average Bonchev–Trinajstić information content (AvgIpc) is 2.43. The largest absolute Gasteiger partial charge is 0.478 e. The van der Waals surface area contributed by atoms with E-state index in [0.717, 1.165) is 5.57 Å². The highest BCUT2D eigenvalue weighted by atomic mass is 19.3. The van der Waals surface area contributed by atoms with E-state index in [0.29, 0.717) is 12.5 Å². The molecule has 0 bridgehead atoms. The quantitative estimate of drug-likeness (QED) is 0.430. The SMILES string of the molecule is C=N/C(=C\C=C(/C)C1(C#N)CCC(F)(F)CC1)OCC. The first-order chi connectivity index (χ1) is 9.39. The number of halogens is 2. The fourth-order valence-electron chi connectivity index (χ4n) is 2.29. The van der Waals surface area contributed by atoms with Crippen LogP contribution in [0.25, 0.3) is 0 Å². The van der Waals surface area contributed by atoms with Crippen LogP contribution in [0.2, 0.25) is 0 Å². The van der Waals surface area contributed by atoms with E-state index in [4.69, 9.17) is 4.74 Å². The predicted octanol–water partition coefficient (Wildman–Crippen LogP) is 4.23. The molecule has 1 saturated carbocycles. The minimum absolute atomic E-state index is 0.179. The molecule has 1 aliphatic carbocycles. The Bertz CT molecular complexity index is 451. The predicted molar refractivity (Wildman–Crippen MR) is 74.5 cm³/mol. The molecule has 0 aromatic carbocycles. The van der Waals surface area contributed by atoms with Gasteiger partial charge in [0.25, 0.3) is 0 Å². The fraction of sp³-hybridized carbons (Fsp3) is 0.600. The van der Waals surface area contributed by atoms with Gasteiger partial charge >= 0.3 is 0 Å². The van der Waals surface area contributed by atoms with Gasteiger partial charge in [0.15, 0.2) is 0 Å². The van der Waals surface area contributed by atoms with Crippen molar-refractivity contribution in [1.29, 1.82) is 5.26 Å². The number of rotatable bonds is 5. The molecule has 0 radical (unpaired) electrons. The van der Waals surface area contributed by atoms with Gasteiger partial charge < -0.3 is 4.74 Å². The van der Waals surface area contributed by atoms with Crippen molar-refractivity contribution in [2.24, 2.45) is 10.4 Å². The molecule has 20 heavy (non-hydrogen) atoms. The molecule has 0 aromatic heterocycles. The van der Waals surface area contributed by atoms with Crippen LogP contribution in [0.1, 0.15) is 39.5 Å². The Morgan fingerprint density at radius 3 is 2.40 bits per heavy atom. The Balaban J connectivity index is 2.90. The van der Waals surface area contributed by atoms with Crippen LogP contribution in [-0.2, 0) is 4.74 Å². The summed E-state index contributed by atoms with van der Waals surface area (Å²) in [6.07, 6.45) is 3.21. The molecule has 0 spiro atoms. The summed E-state index contributed by atoms with van der Waals surface area (Å²) in [5, 5.41) is 9.38. The van der Waals surface area contributed by atoms with Crippen molar-refractivity contribution >= 4 is 6.72 Å². The second-order valence-corrected chi connectivity index (χ2v) is 5.00. The number of aliphatic imine (C=N–C) groups is 1. The molecular weight excluding hydrogens is 262 g/mol. The molecule has 1 fully saturated rings. The van der Waals surface area contributed by atoms with Gasteiger partial charge in [0, 0.05) is 18.9 Å². The van der Waals surface area contributed by atoms with E-state index in [2.05, 4.69) is 17.8 Å². The molecule has 0 heterocycles. The van der Waals surface area contributed by atoms with Gasteiger partial charge in [0.2, 0.25) is 11.8 Å². The third kappa shape index (κ3) is 3.89. The lowest BCUT2D eigenvalue weighted by Crippen LogP contribution is -2.33. The summed E-state index contributed by atoms with van der Waals surface area (Å²) >= 11 is 0. The molecular formula is C15H20F2N2O. The lowest BCUT2D eigenvalue weighted by Gasteiger charge is -2.35. The Labute approximate surface area is 118 Å². The van der Waals surface area contributed by atoms with Crippen molar-refractivity contribution in [3.63, 3.8) is 0 Å². The van der Waals surface area contributed by atoms with E-state index < -0.39 is 11.3 Å². The number of hydrogen-bond donors (Lipinski definition) is 0. The average molecular weight is 282 g/mol. The van der Waals surface area contributed by atoms with E-state index in [1.54, 1.807) is 19.1 Å². The summed E-state index contributed by atoms with van der Waals surface area (Å²) in [7, 11) is 0. The maximum absolute atomic E-state index is 13.2. The van der Waals surface area contributed by atoms with E-state index in [-0.39, 0.29) is 25.7 Å². The molecule has 3 nitrogen and oxygen atoms in total. The van der Waals surface area contributed by atoms with Gasteiger partial charge in [-0.3, -0.25) is 0 Å². The molecule has 0 N–H and O–H groups in total. The maximum atomic E-state index is 13.2. The van der Waals surface area contributed by atoms with E-state index in [1.807, 2.05) is 6.92 Å². The highest BCUT2D eigenvalue weighted by molar-refractivity contribution is 5.31. The van der Waals surface area contributed by atoms with Crippen LogP contribution in [0.3, 0.4) is 0 Å². The van der Waals surface area contributed by atoms with Crippen LogP contribution < -0.4 is 0 Å². The highest BCUT2D eigenvalue weighted by Gasteiger charge is 2.44. The van der Waals surface area contributed by atoms with Crippen LogP contribution in [0.15, 0.2) is 28.6 Å². The van der Waals surface area contributed by atoms with Gasteiger partial charge in [0.05, 0.1) is 18.1 Å². The van der Waals surface area contributed by atoms with Gasteiger partial charge in [-0.2, -0.15) is 5.26 Å². The summed E-state index contributed by atoms with van der Waals surface area (Å²) < 4.78 is 31.7. The van der Waals surface area contributed by atoms with Crippen molar-refractivity contribution in [3.05, 3.63) is 23.6 Å². The van der Waals surface area contributed by atoms with Crippen LogP contribution in [-0.4, -0.2) is 19.2 Å². The second kappa shape index (κ2) is 6.65. The molecule has 110 valence electrons. The number of allylic oxidation sites excluding steroid dienone is 3. The van der Waals surface area contributed by atoms with Crippen molar-refractivity contribution < 1.29 is 13.5 Å². The fourth-order valence-corrected chi connectivity index (χ4v) is 2.29. The number of alkyl halides is 2. The Morgan fingerprint density at radius 1 is 1.35 bits per heavy atom. The van der Waals surface area contributed by atoms with E-state index in [1.165, 1.54) is 0 Å². The van der Waals surface area contributed by atoms with Crippen molar-refractivity contribution in [3.8, 4) is 6.07 Å². The van der Waals surface area contributed by atoms with E-state index in [9.17, 15) is 14.0 Å². The van der Waals surface area contributed by atoms with Crippen LogP contribution in [0.5, 0.6) is 0 Å². The monoisotopic (exact) mass is 282 g/mol. The summed E-state index contributed by atoms with van der Waals surface area (Å²) in [5.41, 5.74) is -0.0483. The van der Waals surface area contributed by atoms with Crippen LogP contribution >= 0.6 is 0 Å². The molecule has 1 aliphatic rings. The lowest BCUT2D eigenvalue weighted by molar-refractivity contribution is -0.0509. The maximum Gasteiger partial charge on any atom is 0.248 e. The van der Waals surface area contributed by atoms with Gasteiger partial charge in [-0.15, -0.1) is 0 Å². The minimum atomic E-state index is -2.64. The standard InChI is InChI=1S/C15H20F2N2O/c1-4-20-13(19-3)6-5-12(2)14(11-18)7-9-15(16,17)10-8-14/h5-6H,3-4,7-10H2,1-2H3/b12-5+,13-6+. The first kappa shape index (κ1) is 16.4. The van der Waals surface area contributed by atoms with Gasteiger partial charge in [0.1, 0.15) is 0 Å². The molecule has 0 saturated heterocycles. The molecule has 0 atom stereocenters. The Morgan fingerprint density at radius 2 is 1.95 bits per heavy atom. The zero-order chi connectivity index (χ0) is 15.2. The first-order valence-electron chi connectivity index (χ1n) is 6.67. The normalized spacial score (nSPS) is 21.9. The van der Waals surface area contributed by atoms with Crippen molar-refractivity contribution in [2.45, 2.75) is 45.5 Å². The summed E-state index contributed by atoms with van der Waals surface area (Å²) in [5.74, 6) is -2.28. The van der Waals surface area contributed by atoms with Crippen molar-refractivity contribution in [1.82, 2.24) is 0 Å². The van der Waals surface area contributed by atoms with Crippen LogP contribution in [0.4, 0.5) is 8.78 Å². The van der Waals surface area contributed by atoms with Gasteiger partial charge in [-0.1, -0.05) is 11.6 Å². The highest BCUT2D eigenvalue weighted by Crippen LogP contribution is 2.47. The zero-order valence-electron chi connectivity index (χ0n) is 12.0. The summed E-state index contributed by atoms with van der Waals surface area (Å²) in [6.45, 7) is 7.47. The lowest BCUT2D eigenvalue weighted by atomic mass is 9.69. The number of ether oxygens (including phenoxy) is 1. The van der Waals surface area contributed by atoms with Gasteiger partial charge in [-0.25, -0.2) is 13.8 Å². The van der Waals surface area contributed by atoms with E-state index >= 15 is 0 Å². The second-order valence-electron chi connectivity index (χ2n) is 5.00. The third-order valence-corrected chi connectivity index (χ3v) is 3.73. The summed E-state index contributed by atoms with van der Waals surface area (Å²) in [4.78, 5) is 3.71. The molecule has 0 amide bonds. The molecule has 0 unspecified atom stereocenters. The molecule has 0 aliphatic heterocycles. The number of hydrogen-bond acceptors (Lipinski definition) is 3. The number of nitrogens with zero attached hydrogens (tertiary/aromatic N) is 2. The summed E-state index contributed by atoms with van der Waals surface area (Å²) in [6, 6.07) is 2.21. The zero-order valence-corrected chi connectivity index (χ0v) is 12.0. The Kier molecular flexibility index (Phi) is 5.43. The third-order valence-electron chi connectivity index (χ3n) is 3.73. The topological polar surface area (TPSA) is 45.4 Å². The molecule has 1 rings (SSSR count). The van der Waals surface area contributed by atoms with Crippen molar-refractivity contribution in [2.75, 3.05) is 6.61 Å². The first-order valence-corrected chi connectivity index (χ1v) is 6.67. The molecule has 0 aromatic rings. The van der Waals surface area contributed by atoms with Crippen LogP contribution in [0, 0.1) is 16.7 Å². The molecule has 5 heteroatoms. The van der Waals surface area contributed by atoms with Gasteiger partial charge in [-0.05, 0) is 33.4 Å².